The lowest BCUT2D eigenvalue weighted by atomic mass is 10.0. The van der Waals surface area contributed by atoms with Crippen molar-refractivity contribution in [3.63, 3.8) is 0 Å². The molecule has 2 amide bonds. The van der Waals surface area contributed by atoms with Gasteiger partial charge in [0.05, 0.1) is 25.3 Å². The van der Waals surface area contributed by atoms with Crippen LogP contribution in [0.3, 0.4) is 0 Å². The predicted octanol–water partition coefficient (Wildman–Crippen LogP) is 2.91. The smallest absolute Gasteiger partial charge is 0.254 e. The van der Waals surface area contributed by atoms with Crippen LogP contribution in [0.25, 0.3) is 0 Å². The minimum Gasteiger partial charge on any atom is -0.496 e. The van der Waals surface area contributed by atoms with E-state index in [9.17, 15) is 14.0 Å². The summed E-state index contributed by atoms with van der Waals surface area (Å²) in [7, 11) is 1.64. The van der Waals surface area contributed by atoms with Crippen molar-refractivity contribution in [3.05, 3.63) is 65.5 Å². The number of methoxy groups -OCH3 is 1. The summed E-state index contributed by atoms with van der Waals surface area (Å²) in [5.41, 5.74) is 0.947. The van der Waals surface area contributed by atoms with Crippen molar-refractivity contribution in [3.8, 4) is 5.75 Å². The third kappa shape index (κ3) is 5.57. The minimum atomic E-state index is -0.614. The normalized spacial score (nSPS) is 15.3. The first-order valence-electron chi connectivity index (χ1n) is 10.3. The van der Waals surface area contributed by atoms with E-state index < -0.39 is 11.7 Å². The number of rotatable bonds is 8. The fourth-order valence-corrected chi connectivity index (χ4v) is 3.78. The van der Waals surface area contributed by atoms with Gasteiger partial charge < -0.3 is 15.4 Å². The number of halogens is 1. The fourth-order valence-electron chi connectivity index (χ4n) is 3.78. The summed E-state index contributed by atoms with van der Waals surface area (Å²) in [5, 5.41) is 5.38. The molecule has 0 saturated carbocycles. The summed E-state index contributed by atoms with van der Waals surface area (Å²) in [5.74, 6) is -0.760. The maximum atomic E-state index is 13.7. The number of nitrogens with zero attached hydrogens (tertiary/aromatic N) is 1. The molecule has 1 aliphatic rings. The number of hydrogen-bond acceptors (Lipinski definition) is 4. The molecule has 6 nitrogen and oxygen atoms in total. The van der Waals surface area contributed by atoms with E-state index >= 15 is 0 Å². The van der Waals surface area contributed by atoms with Gasteiger partial charge in [0.25, 0.3) is 5.91 Å². The number of benzene rings is 2. The third-order valence-electron chi connectivity index (χ3n) is 5.35. The lowest BCUT2D eigenvalue weighted by Crippen LogP contribution is -2.43. The van der Waals surface area contributed by atoms with Crippen LogP contribution >= 0.6 is 0 Å². The molecule has 2 N–H and O–H groups in total. The molecule has 1 fully saturated rings. The molecule has 1 heterocycles. The monoisotopic (exact) mass is 413 g/mol. The van der Waals surface area contributed by atoms with Crippen LogP contribution in [0.1, 0.15) is 41.2 Å². The first kappa shape index (κ1) is 21.8. The summed E-state index contributed by atoms with van der Waals surface area (Å²) < 4.78 is 19.2. The van der Waals surface area contributed by atoms with Crippen molar-refractivity contribution in [2.24, 2.45) is 0 Å². The SMILES string of the molecule is COc1ccccc1C(CNC(=O)CNC(=O)c1ccccc1F)N1CCCCC1. The zero-order valence-corrected chi connectivity index (χ0v) is 17.2. The molecule has 1 unspecified atom stereocenters. The molecule has 0 aromatic heterocycles. The summed E-state index contributed by atoms with van der Waals surface area (Å²) in [4.78, 5) is 26.8. The zero-order chi connectivity index (χ0) is 21.3. The van der Waals surface area contributed by atoms with E-state index in [1.807, 2.05) is 24.3 Å². The average molecular weight is 413 g/mol. The summed E-state index contributed by atoms with van der Waals surface area (Å²) in [6.07, 6.45) is 3.46. The number of amides is 2. The molecule has 2 aromatic carbocycles. The highest BCUT2D eigenvalue weighted by atomic mass is 19.1. The first-order valence-corrected chi connectivity index (χ1v) is 10.3. The van der Waals surface area contributed by atoms with Gasteiger partial charge in [-0.2, -0.15) is 0 Å². The lowest BCUT2D eigenvalue weighted by molar-refractivity contribution is -0.120. The van der Waals surface area contributed by atoms with Crippen LogP contribution < -0.4 is 15.4 Å². The van der Waals surface area contributed by atoms with E-state index in [2.05, 4.69) is 15.5 Å². The summed E-state index contributed by atoms with van der Waals surface area (Å²) in [6.45, 7) is 2.10. The molecular formula is C23H28FN3O3. The van der Waals surface area contributed by atoms with Gasteiger partial charge in [0.2, 0.25) is 5.91 Å². The zero-order valence-electron chi connectivity index (χ0n) is 17.2. The summed E-state index contributed by atoms with van der Waals surface area (Å²) in [6, 6.07) is 13.5. The van der Waals surface area contributed by atoms with Crippen LogP contribution in [0.15, 0.2) is 48.5 Å². The highest BCUT2D eigenvalue weighted by molar-refractivity contribution is 5.96. The Morgan fingerprint density at radius 3 is 2.47 bits per heavy atom. The molecule has 1 aliphatic heterocycles. The second kappa shape index (κ2) is 10.7. The molecule has 160 valence electrons. The number of likely N-dealkylation sites (tertiary alicyclic amines) is 1. The molecule has 1 saturated heterocycles. The van der Waals surface area contributed by atoms with Crippen LogP contribution in [0.4, 0.5) is 4.39 Å². The van der Waals surface area contributed by atoms with Gasteiger partial charge in [-0.15, -0.1) is 0 Å². The molecule has 0 bridgehead atoms. The van der Waals surface area contributed by atoms with Crippen LogP contribution in [-0.2, 0) is 4.79 Å². The Morgan fingerprint density at radius 1 is 1.03 bits per heavy atom. The van der Waals surface area contributed by atoms with Gasteiger partial charge in [-0.25, -0.2) is 4.39 Å². The Morgan fingerprint density at radius 2 is 1.73 bits per heavy atom. The number of para-hydroxylation sites is 1. The highest BCUT2D eigenvalue weighted by Gasteiger charge is 2.25. The molecule has 7 heteroatoms. The second-order valence-electron chi connectivity index (χ2n) is 7.32. The topological polar surface area (TPSA) is 70.7 Å². The van der Waals surface area contributed by atoms with Gasteiger partial charge in [0, 0.05) is 12.1 Å². The number of nitrogens with one attached hydrogen (secondary N) is 2. The number of carbonyl (C=O) groups excluding carboxylic acids is 2. The number of hydrogen-bond donors (Lipinski definition) is 2. The average Bonchev–Trinajstić information content (AvgIpc) is 2.79. The van der Waals surface area contributed by atoms with Gasteiger partial charge >= 0.3 is 0 Å². The van der Waals surface area contributed by atoms with Gasteiger partial charge in [-0.05, 0) is 44.1 Å². The number of carbonyl (C=O) groups is 2. The van der Waals surface area contributed by atoms with E-state index in [0.29, 0.717) is 6.54 Å². The standard InChI is InChI=1S/C23H28FN3O3/c1-30-21-12-6-4-10-18(21)20(27-13-7-2-8-14-27)15-25-22(28)16-26-23(29)17-9-3-5-11-19(17)24/h3-6,9-12,20H,2,7-8,13-16H2,1H3,(H,25,28)(H,26,29). The maximum absolute atomic E-state index is 13.7. The number of ether oxygens (including phenoxy) is 1. The van der Waals surface area contributed by atoms with Crippen molar-refractivity contribution in [1.29, 1.82) is 0 Å². The van der Waals surface area contributed by atoms with E-state index in [4.69, 9.17) is 4.74 Å². The minimum absolute atomic E-state index is 0.0207. The van der Waals surface area contributed by atoms with E-state index in [1.165, 1.54) is 24.6 Å². The first-order chi connectivity index (χ1) is 14.6. The van der Waals surface area contributed by atoms with Gasteiger partial charge in [0.1, 0.15) is 11.6 Å². The molecule has 0 aliphatic carbocycles. The Balaban J connectivity index is 1.61. The number of piperidine rings is 1. The molecule has 1 atom stereocenters. The highest BCUT2D eigenvalue weighted by Crippen LogP contribution is 2.30. The molecule has 3 rings (SSSR count). The van der Waals surface area contributed by atoms with Gasteiger partial charge in [-0.1, -0.05) is 36.8 Å². The van der Waals surface area contributed by atoms with E-state index in [-0.39, 0.29) is 24.1 Å². The predicted molar refractivity (Wildman–Crippen MR) is 113 cm³/mol. The molecular weight excluding hydrogens is 385 g/mol. The Kier molecular flexibility index (Phi) is 7.79. The Hall–Kier alpha value is -2.93. The third-order valence-corrected chi connectivity index (χ3v) is 5.35. The van der Waals surface area contributed by atoms with Crippen LogP contribution in [-0.4, -0.2) is 50.0 Å². The second-order valence-corrected chi connectivity index (χ2v) is 7.32. The fraction of sp³-hybridized carbons (Fsp3) is 0.391. The van der Waals surface area contributed by atoms with Gasteiger partial charge in [-0.3, -0.25) is 14.5 Å². The van der Waals surface area contributed by atoms with E-state index in [0.717, 1.165) is 37.2 Å². The van der Waals surface area contributed by atoms with Crippen LogP contribution in [0, 0.1) is 5.82 Å². The van der Waals surface area contributed by atoms with Crippen molar-refractivity contribution in [2.75, 3.05) is 33.3 Å². The maximum Gasteiger partial charge on any atom is 0.254 e. The van der Waals surface area contributed by atoms with Crippen molar-refractivity contribution in [2.45, 2.75) is 25.3 Å². The van der Waals surface area contributed by atoms with Crippen LogP contribution in [0.2, 0.25) is 0 Å². The Bertz CT molecular complexity index is 868. The van der Waals surface area contributed by atoms with Crippen LogP contribution in [0.5, 0.6) is 5.75 Å². The molecule has 2 aromatic rings. The Labute approximate surface area is 176 Å². The largest absolute Gasteiger partial charge is 0.496 e. The molecule has 30 heavy (non-hydrogen) atoms. The molecule has 0 radical (unpaired) electrons. The quantitative estimate of drug-likeness (QED) is 0.698. The summed E-state index contributed by atoms with van der Waals surface area (Å²) >= 11 is 0. The van der Waals surface area contributed by atoms with Crippen molar-refractivity contribution >= 4 is 11.8 Å². The van der Waals surface area contributed by atoms with Crippen molar-refractivity contribution < 1.29 is 18.7 Å². The van der Waals surface area contributed by atoms with Gasteiger partial charge in [0.15, 0.2) is 0 Å². The lowest BCUT2D eigenvalue weighted by Gasteiger charge is -2.35. The van der Waals surface area contributed by atoms with E-state index in [1.54, 1.807) is 13.2 Å². The molecule has 0 spiro atoms. The van der Waals surface area contributed by atoms with Crippen molar-refractivity contribution in [1.82, 2.24) is 15.5 Å².